The molecule has 1 aliphatic carbocycles. The van der Waals surface area contributed by atoms with Gasteiger partial charge in [-0.05, 0) is 32.9 Å². The Morgan fingerprint density at radius 3 is 2.90 bits per heavy atom. The minimum absolute atomic E-state index is 0.0476. The minimum atomic E-state index is 0.0476. The van der Waals surface area contributed by atoms with Gasteiger partial charge in [-0.25, -0.2) is 0 Å². The maximum atomic E-state index is 12.2. The average Bonchev–Trinajstić information content (AvgIpc) is 2.66. The molecular formula is C15H29N3O2. The Bertz CT molecular complexity index is 325. The van der Waals surface area contributed by atoms with Crippen molar-refractivity contribution in [2.45, 2.75) is 45.8 Å². The summed E-state index contributed by atoms with van der Waals surface area (Å²) in [6.07, 6.45) is 2.34. The van der Waals surface area contributed by atoms with Crippen molar-refractivity contribution in [2.24, 2.45) is 5.41 Å². The number of hydrogen-bond donors (Lipinski definition) is 2. The second-order valence-electron chi connectivity index (χ2n) is 6.50. The van der Waals surface area contributed by atoms with Crippen LogP contribution in [0.5, 0.6) is 0 Å². The van der Waals surface area contributed by atoms with Crippen LogP contribution in [0.3, 0.4) is 0 Å². The van der Waals surface area contributed by atoms with Gasteiger partial charge < -0.3 is 15.4 Å². The number of carbonyl (C=O) groups is 1. The van der Waals surface area contributed by atoms with Gasteiger partial charge in [-0.1, -0.05) is 13.8 Å². The normalized spacial score (nSPS) is 30.4. The Balaban J connectivity index is 1.75. The Hall–Kier alpha value is -0.650. The first kappa shape index (κ1) is 15.7. The van der Waals surface area contributed by atoms with E-state index in [1.807, 2.05) is 6.92 Å². The number of ether oxygens (including phenoxy) is 1. The second kappa shape index (κ2) is 6.87. The van der Waals surface area contributed by atoms with Crippen LogP contribution in [0.15, 0.2) is 0 Å². The third-order valence-corrected chi connectivity index (χ3v) is 4.68. The van der Waals surface area contributed by atoms with E-state index in [2.05, 4.69) is 29.4 Å². The molecule has 2 aliphatic rings. The molecule has 20 heavy (non-hydrogen) atoms. The fourth-order valence-corrected chi connectivity index (χ4v) is 3.12. The first-order chi connectivity index (χ1) is 9.54. The highest BCUT2D eigenvalue weighted by Crippen LogP contribution is 2.42. The zero-order chi connectivity index (χ0) is 14.6. The molecule has 0 aromatic carbocycles. The van der Waals surface area contributed by atoms with Crippen LogP contribution in [0.25, 0.3) is 0 Å². The summed E-state index contributed by atoms with van der Waals surface area (Å²) < 4.78 is 5.70. The summed E-state index contributed by atoms with van der Waals surface area (Å²) in [4.78, 5) is 14.4. The minimum Gasteiger partial charge on any atom is -0.378 e. The molecule has 1 saturated carbocycles. The lowest BCUT2D eigenvalue weighted by molar-refractivity contribution is -0.137. The van der Waals surface area contributed by atoms with Crippen molar-refractivity contribution in [3.05, 3.63) is 0 Å². The van der Waals surface area contributed by atoms with E-state index in [4.69, 9.17) is 4.74 Å². The third-order valence-electron chi connectivity index (χ3n) is 4.68. The molecule has 2 fully saturated rings. The van der Waals surface area contributed by atoms with E-state index in [1.165, 1.54) is 0 Å². The molecule has 1 aliphatic heterocycles. The van der Waals surface area contributed by atoms with Gasteiger partial charge in [0.25, 0.3) is 0 Å². The first-order valence-electron chi connectivity index (χ1n) is 7.88. The molecule has 1 amide bonds. The monoisotopic (exact) mass is 283 g/mol. The molecular weight excluding hydrogens is 254 g/mol. The van der Waals surface area contributed by atoms with E-state index in [9.17, 15) is 4.79 Å². The lowest BCUT2D eigenvalue weighted by Crippen LogP contribution is -2.62. The molecule has 0 aromatic rings. The SMILES string of the molecule is CCOC1CC(NC(=O)CN2CCCNCC2)C1(C)C. The van der Waals surface area contributed by atoms with Crippen molar-refractivity contribution in [1.29, 1.82) is 0 Å². The smallest absolute Gasteiger partial charge is 0.234 e. The summed E-state index contributed by atoms with van der Waals surface area (Å²) in [7, 11) is 0. The van der Waals surface area contributed by atoms with Gasteiger partial charge in [-0.2, -0.15) is 0 Å². The fraction of sp³-hybridized carbons (Fsp3) is 0.933. The third kappa shape index (κ3) is 3.71. The quantitative estimate of drug-likeness (QED) is 0.776. The topological polar surface area (TPSA) is 53.6 Å². The van der Waals surface area contributed by atoms with Gasteiger partial charge >= 0.3 is 0 Å². The van der Waals surface area contributed by atoms with E-state index in [0.717, 1.165) is 45.6 Å². The maximum absolute atomic E-state index is 12.2. The van der Waals surface area contributed by atoms with Gasteiger partial charge in [0.05, 0.1) is 12.6 Å². The first-order valence-corrected chi connectivity index (χ1v) is 7.88. The highest BCUT2D eigenvalue weighted by molar-refractivity contribution is 5.78. The van der Waals surface area contributed by atoms with Crippen molar-refractivity contribution in [2.75, 3.05) is 39.3 Å². The lowest BCUT2D eigenvalue weighted by atomic mass is 9.64. The summed E-state index contributed by atoms with van der Waals surface area (Å²) in [6, 6.07) is 0.247. The van der Waals surface area contributed by atoms with Crippen LogP contribution in [-0.4, -0.2) is 62.3 Å². The predicted octanol–water partition coefficient (Wildman–Crippen LogP) is 0.602. The molecule has 1 heterocycles. The summed E-state index contributed by atoms with van der Waals surface area (Å²) in [5.74, 6) is 0.153. The molecule has 1 saturated heterocycles. The van der Waals surface area contributed by atoms with Gasteiger partial charge in [0.1, 0.15) is 0 Å². The largest absolute Gasteiger partial charge is 0.378 e. The number of nitrogens with one attached hydrogen (secondary N) is 2. The Labute approximate surface area is 122 Å². The molecule has 2 atom stereocenters. The van der Waals surface area contributed by atoms with E-state index in [-0.39, 0.29) is 23.5 Å². The standard InChI is InChI=1S/C15H29N3O2/c1-4-20-13-10-12(15(13,2)3)17-14(19)11-18-8-5-6-16-7-9-18/h12-13,16H,4-11H2,1-3H3,(H,17,19). The van der Waals surface area contributed by atoms with Gasteiger partial charge in [0, 0.05) is 31.2 Å². The van der Waals surface area contributed by atoms with Gasteiger partial charge in [-0.3, -0.25) is 9.69 Å². The van der Waals surface area contributed by atoms with Crippen molar-refractivity contribution < 1.29 is 9.53 Å². The Kier molecular flexibility index (Phi) is 5.41. The number of hydrogen-bond acceptors (Lipinski definition) is 4. The second-order valence-corrected chi connectivity index (χ2v) is 6.50. The zero-order valence-electron chi connectivity index (χ0n) is 13.1. The zero-order valence-corrected chi connectivity index (χ0v) is 13.1. The summed E-state index contributed by atoms with van der Waals surface area (Å²) in [5, 5.41) is 6.54. The summed E-state index contributed by atoms with van der Waals surface area (Å²) >= 11 is 0. The van der Waals surface area contributed by atoms with Crippen LogP contribution >= 0.6 is 0 Å². The van der Waals surface area contributed by atoms with Gasteiger partial charge in [0.15, 0.2) is 0 Å². The highest BCUT2D eigenvalue weighted by Gasteiger charge is 2.49. The molecule has 0 spiro atoms. The number of carbonyl (C=O) groups excluding carboxylic acids is 1. The number of rotatable bonds is 5. The summed E-state index contributed by atoms with van der Waals surface area (Å²) in [5.41, 5.74) is 0.0476. The fourth-order valence-electron chi connectivity index (χ4n) is 3.12. The molecule has 0 aromatic heterocycles. The summed E-state index contributed by atoms with van der Waals surface area (Å²) in [6.45, 7) is 11.7. The van der Waals surface area contributed by atoms with E-state index >= 15 is 0 Å². The molecule has 116 valence electrons. The van der Waals surface area contributed by atoms with Crippen LogP contribution in [0.1, 0.15) is 33.6 Å². The van der Waals surface area contributed by atoms with Crippen molar-refractivity contribution in [3.8, 4) is 0 Å². The van der Waals surface area contributed by atoms with Crippen molar-refractivity contribution in [1.82, 2.24) is 15.5 Å². The molecule has 2 N–H and O–H groups in total. The van der Waals surface area contributed by atoms with Crippen molar-refractivity contribution in [3.63, 3.8) is 0 Å². The van der Waals surface area contributed by atoms with Crippen LogP contribution < -0.4 is 10.6 Å². The van der Waals surface area contributed by atoms with Crippen LogP contribution in [-0.2, 0) is 9.53 Å². The average molecular weight is 283 g/mol. The Morgan fingerprint density at radius 2 is 2.20 bits per heavy atom. The molecule has 2 unspecified atom stereocenters. The van der Waals surface area contributed by atoms with E-state index in [1.54, 1.807) is 0 Å². The Morgan fingerprint density at radius 1 is 1.40 bits per heavy atom. The van der Waals surface area contributed by atoms with Crippen LogP contribution in [0.2, 0.25) is 0 Å². The molecule has 2 rings (SSSR count). The van der Waals surface area contributed by atoms with Crippen LogP contribution in [0.4, 0.5) is 0 Å². The number of nitrogens with zero attached hydrogens (tertiary/aromatic N) is 1. The lowest BCUT2D eigenvalue weighted by Gasteiger charge is -2.51. The van der Waals surface area contributed by atoms with Crippen LogP contribution in [0, 0.1) is 5.41 Å². The van der Waals surface area contributed by atoms with E-state index in [0.29, 0.717) is 6.54 Å². The maximum Gasteiger partial charge on any atom is 0.234 e. The molecule has 5 nitrogen and oxygen atoms in total. The molecule has 5 heteroatoms. The molecule has 0 radical (unpaired) electrons. The highest BCUT2D eigenvalue weighted by atomic mass is 16.5. The van der Waals surface area contributed by atoms with E-state index < -0.39 is 0 Å². The van der Waals surface area contributed by atoms with Gasteiger partial charge in [-0.15, -0.1) is 0 Å². The predicted molar refractivity (Wildman–Crippen MR) is 79.7 cm³/mol. The molecule has 0 bridgehead atoms. The number of amides is 1. The van der Waals surface area contributed by atoms with Crippen molar-refractivity contribution >= 4 is 5.91 Å². The van der Waals surface area contributed by atoms with Gasteiger partial charge in [0.2, 0.25) is 5.91 Å².